The zero-order valence-electron chi connectivity index (χ0n) is 14.5. The average Bonchev–Trinajstić information content (AvgIpc) is 3.15. The van der Waals surface area contributed by atoms with Gasteiger partial charge in [0.15, 0.2) is 0 Å². The van der Waals surface area contributed by atoms with E-state index in [-0.39, 0.29) is 11.9 Å². The molecule has 0 aliphatic carbocycles. The second-order valence-electron chi connectivity index (χ2n) is 5.69. The third-order valence-electron chi connectivity index (χ3n) is 3.69. The largest absolute Gasteiger partial charge is 0.494 e. The molecule has 2 aromatic heterocycles. The highest BCUT2D eigenvalue weighted by molar-refractivity contribution is 6.03. The number of amides is 1. The average molecular weight is 352 g/mol. The van der Waals surface area contributed by atoms with Crippen molar-refractivity contribution in [3.05, 3.63) is 54.4 Å². The van der Waals surface area contributed by atoms with Crippen LogP contribution >= 0.6 is 0 Å². The lowest BCUT2D eigenvalue weighted by molar-refractivity contribution is 0.102. The number of carbonyl (C=O) groups is 1. The number of unbranched alkanes of at least 4 members (excludes halogenated alkanes) is 2. The molecule has 0 fully saturated rings. The molecule has 0 saturated heterocycles. The van der Waals surface area contributed by atoms with Crippen LogP contribution in [-0.4, -0.2) is 27.7 Å². The smallest absolute Gasteiger partial charge is 0.322 e. The molecule has 3 aromatic rings. The van der Waals surface area contributed by atoms with E-state index in [0.717, 1.165) is 25.0 Å². The van der Waals surface area contributed by atoms with Crippen LogP contribution in [-0.2, 0) is 0 Å². The number of benzene rings is 1. The number of anilines is 1. The maximum Gasteiger partial charge on any atom is 0.322 e. The summed E-state index contributed by atoms with van der Waals surface area (Å²) in [5.74, 6) is 0.711. The Bertz CT molecular complexity index is 832. The van der Waals surface area contributed by atoms with Gasteiger partial charge in [-0.3, -0.25) is 15.1 Å². The quantitative estimate of drug-likeness (QED) is 0.617. The highest BCUT2D eigenvalue weighted by Crippen LogP contribution is 2.19. The predicted molar refractivity (Wildman–Crippen MR) is 96.9 cm³/mol. The number of pyridine rings is 1. The fourth-order valence-electron chi connectivity index (χ4n) is 2.29. The van der Waals surface area contributed by atoms with Gasteiger partial charge in [-0.1, -0.05) is 24.9 Å². The first-order valence-electron chi connectivity index (χ1n) is 8.54. The summed E-state index contributed by atoms with van der Waals surface area (Å²) in [6.45, 7) is 2.83. The third kappa shape index (κ3) is 4.66. The SMILES string of the molecule is CCCCCOc1ccc(C(=O)Nc2nnc(-c3cccnc3)o2)cc1. The van der Waals surface area contributed by atoms with Crippen LogP contribution in [0.5, 0.6) is 5.75 Å². The van der Waals surface area contributed by atoms with Gasteiger partial charge < -0.3 is 9.15 Å². The van der Waals surface area contributed by atoms with Gasteiger partial charge in [0.1, 0.15) is 5.75 Å². The highest BCUT2D eigenvalue weighted by atomic mass is 16.5. The van der Waals surface area contributed by atoms with Gasteiger partial charge in [0.05, 0.1) is 12.2 Å². The van der Waals surface area contributed by atoms with E-state index in [4.69, 9.17) is 9.15 Å². The molecule has 0 unspecified atom stereocenters. The molecular weight excluding hydrogens is 332 g/mol. The molecule has 7 heteroatoms. The van der Waals surface area contributed by atoms with Crippen LogP contribution in [0.1, 0.15) is 36.5 Å². The molecule has 134 valence electrons. The van der Waals surface area contributed by atoms with Crippen LogP contribution in [0.3, 0.4) is 0 Å². The standard InChI is InChI=1S/C19H20N4O3/c1-2-3-4-12-25-16-9-7-14(8-10-16)17(24)21-19-23-22-18(26-19)15-6-5-11-20-13-15/h5-11,13H,2-4,12H2,1H3,(H,21,23,24). The van der Waals surface area contributed by atoms with Crippen LogP contribution in [0.15, 0.2) is 53.2 Å². The summed E-state index contributed by atoms with van der Waals surface area (Å²) in [7, 11) is 0. The van der Waals surface area contributed by atoms with Gasteiger partial charge in [-0.2, -0.15) is 0 Å². The minimum absolute atomic E-state index is 0.0359. The molecule has 0 saturated carbocycles. The Morgan fingerprint density at radius 3 is 2.73 bits per heavy atom. The van der Waals surface area contributed by atoms with Crippen molar-refractivity contribution >= 4 is 11.9 Å². The summed E-state index contributed by atoms with van der Waals surface area (Å²) in [5.41, 5.74) is 1.16. The molecule has 1 amide bonds. The first-order valence-corrected chi connectivity index (χ1v) is 8.54. The van der Waals surface area contributed by atoms with Gasteiger partial charge in [-0.25, -0.2) is 0 Å². The first-order chi connectivity index (χ1) is 12.8. The summed E-state index contributed by atoms with van der Waals surface area (Å²) in [6.07, 6.45) is 6.58. The van der Waals surface area contributed by atoms with Crippen molar-refractivity contribution in [3.8, 4) is 17.2 Å². The Labute approximate surface area is 151 Å². The van der Waals surface area contributed by atoms with Gasteiger partial charge in [0, 0.05) is 18.0 Å². The molecule has 1 aromatic carbocycles. The monoisotopic (exact) mass is 352 g/mol. The van der Waals surface area contributed by atoms with Crippen molar-refractivity contribution in [3.63, 3.8) is 0 Å². The van der Waals surface area contributed by atoms with E-state index in [1.807, 2.05) is 0 Å². The number of rotatable bonds is 8. The van der Waals surface area contributed by atoms with E-state index in [1.54, 1.807) is 48.8 Å². The Morgan fingerprint density at radius 2 is 2.00 bits per heavy atom. The molecule has 7 nitrogen and oxygen atoms in total. The first kappa shape index (κ1) is 17.6. The van der Waals surface area contributed by atoms with Crippen LogP contribution in [0.4, 0.5) is 6.01 Å². The lowest BCUT2D eigenvalue weighted by atomic mass is 10.2. The van der Waals surface area contributed by atoms with E-state index in [9.17, 15) is 4.79 Å². The fourth-order valence-corrected chi connectivity index (χ4v) is 2.29. The minimum atomic E-state index is -0.330. The zero-order valence-corrected chi connectivity index (χ0v) is 14.5. The van der Waals surface area contributed by atoms with E-state index >= 15 is 0 Å². The third-order valence-corrected chi connectivity index (χ3v) is 3.69. The second-order valence-corrected chi connectivity index (χ2v) is 5.69. The number of hydrogen-bond acceptors (Lipinski definition) is 6. The number of aromatic nitrogens is 3. The summed E-state index contributed by atoms with van der Waals surface area (Å²) in [4.78, 5) is 16.3. The van der Waals surface area contributed by atoms with E-state index in [2.05, 4.69) is 27.4 Å². The number of ether oxygens (including phenoxy) is 1. The Kier molecular flexibility index (Phi) is 5.92. The molecular formula is C19H20N4O3. The minimum Gasteiger partial charge on any atom is -0.494 e. The molecule has 26 heavy (non-hydrogen) atoms. The van der Waals surface area contributed by atoms with Crippen molar-refractivity contribution < 1.29 is 13.9 Å². The molecule has 0 aliphatic rings. The second kappa shape index (κ2) is 8.75. The Morgan fingerprint density at radius 1 is 1.15 bits per heavy atom. The van der Waals surface area contributed by atoms with Crippen LogP contribution in [0, 0.1) is 0 Å². The van der Waals surface area contributed by atoms with Crippen molar-refractivity contribution in [2.24, 2.45) is 0 Å². The topological polar surface area (TPSA) is 90.1 Å². The van der Waals surface area contributed by atoms with Crippen molar-refractivity contribution in [1.82, 2.24) is 15.2 Å². The van der Waals surface area contributed by atoms with Gasteiger partial charge >= 0.3 is 6.01 Å². The highest BCUT2D eigenvalue weighted by Gasteiger charge is 2.13. The molecule has 0 aliphatic heterocycles. The van der Waals surface area contributed by atoms with Gasteiger partial charge in [0.25, 0.3) is 11.8 Å². The molecule has 0 spiro atoms. The normalized spacial score (nSPS) is 10.5. The maximum atomic E-state index is 12.3. The molecule has 2 heterocycles. The zero-order chi connectivity index (χ0) is 18.2. The number of nitrogens with one attached hydrogen (secondary N) is 1. The summed E-state index contributed by atoms with van der Waals surface area (Å²) < 4.78 is 11.1. The lowest BCUT2D eigenvalue weighted by Gasteiger charge is -2.06. The van der Waals surface area contributed by atoms with Crippen LogP contribution < -0.4 is 10.1 Å². The molecule has 3 rings (SSSR count). The summed E-state index contributed by atoms with van der Waals surface area (Å²) in [5, 5.41) is 10.3. The molecule has 1 N–H and O–H groups in total. The van der Waals surface area contributed by atoms with E-state index in [1.165, 1.54) is 0 Å². The van der Waals surface area contributed by atoms with Crippen molar-refractivity contribution in [2.45, 2.75) is 26.2 Å². The molecule has 0 atom stereocenters. The molecule has 0 bridgehead atoms. The molecule has 0 radical (unpaired) electrons. The maximum absolute atomic E-state index is 12.3. The summed E-state index contributed by atoms with van der Waals surface area (Å²) >= 11 is 0. The van der Waals surface area contributed by atoms with Gasteiger partial charge in [0.2, 0.25) is 0 Å². The Hall–Kier alpha value is -3.22. The number of nitrogens with zero attached hydrogens (tertiary/aromatic N) is 3. The number of carbonyl (C=O) groups excluding carboxylic acids is 1. The van der Waals surface area contributed by atoms with E-state index < -0.39 is 0 Å². The van der Waals surface area contributed by atoms with Crippen LogP contribution in [0.2, 0.25) is 0 Å². The van der Waals surface area contributed by atoms with Crippen molar-refractivity contribution in [2.75, 3.05) is 11.9 Å². The summed E-state index contributed by atoms with van der Waals surface area (Å²) in [6, 6.07) is 10.5. The predicted octanol–water partition coefficient (Wildman–Crippen LogP) is 3.95. The Balaban J connectivity index is 1.57. The lowest BCUT2D eigenvalue weighted by Crippen LogP contribution is -2.12. The van der Waals surface area contributed by atoms with E-state index in [0.29, 0.717) is 23.6 Å². The van der Waals surface area contributed by atoms with Crippen LogP contribution in [0.25, 0.3) is 11.5 Å². The fraction of sp³-hybridized carbons (Fsp3) is 0.263. The van der Waals surface area contributed by atoms with Gasteiger partial charge in [-0.15, -0.1) is 5.10 Å². The van der Waals surface area contributed by atoms with Crippen molar-refractivity contribution in [1.29, 1.82) is 0 Å². The van der Waals surface area contributed by atoms with Gasteiger partial charge in [-0.05, 0) is 42.8 Å². The number of hydrogen-bond donors (Lipinski definition) is 1.